The first kappa shape index (κ1) is 10.9. The highest BCUT2D eigenvalue weighted by Crippen LogP contribution is 2.28. The second-order valence-corrected chi connectivity index (χ2v) is 4.23. The zero-order chi connectivity index (χ0) is 10.7. The van der Waals surface area contributed by atoms with Crippen LogP contribution in [0.2, 0.25) is 5.15 Å². The van der Waals surface area contributed by atoms with Crippen LogP contribution in [0, 0.1) is 0 Å². The van der Waals surface area contributed by atoms with E-state index in [1.807, 2.05) is 19.3 Å². The molecule has 4 heteroatoms. The first-order valence-electron chi connectivity index (χ1n) is 5.37. The van der Waals surface area contributed by atoms with Crippen LogP contribution in [-0.2, 0) is 0 Å². The number of rotatable bonds is 2. The maximum atomic E-state index is 5.78. The van der Waals surface area contributed by atoms with E-state index in [1.165, 1.54) is 24.8 Å². The van der Waals surface area contributed by atoms with Gasteiger partial charge in [0.25, 0.3) is 0 Å². The summed E-state index contributed by atoms with van der Waals surface area (Å²) in [6.07, 6.45) is 5.61. The standard InChI is InChI=1S/C11H16ClN3/c1-13-15-7-3-2-4-10(15)9-5-6-11(12)14-8-9/h5-6,8,10,13H,2-4,7H2,1H3/t10-/m0/s1. The number of aromatic nitrogens is 1. The Kier molecular flexibility index (Phi) is 3.57. The third-order valence-corrected chi connectivity index (χ3v) is 3.15. The van der Waals surface area contributed by atoms with Crippen LogP contribution in [0.25, 0.3) is 0 Å². The molecule has 82 valence electrons. The Labute approximate surface area is 95.4 Å². The van der Waals surface area contributed by atoms with Crippen molar-refractivity contribution in [2.45, 2.75) is 25.3 Å². The molecule has 1 aromatic heterocycles. The Bertz CT molecular complexity index is 312. The lowest BCUT2D eigenvalue weighted by molar-refractivity contribution is 0.0982. The molecule has 0 amide bonds. The van der Waals surface area contributed by atoms with E-state index in [0.717, 1.165) is 6.54 Å². The fourth-order valence-corrected chi connectivity index (χ4v) is 2.24. The van der Waals surface area contributed by atoms with Crippen LogP contribution in [0.4, 0.5) is 0 Å². The summed E-state index contributed by atoms with van der Waals surface area (Å²) in [5.41, 5.74) is 4.48. The van der Waals surface area contributed by atoms with Gasteiger partial charge in [-0.2, -0.15) is 0 Å². The third-order valence-electron chi connectivity index (χ3n) is 2.93. The molecule has 1 saturated heterocycles. The van der Waals surface area contributed by atoms with Crippen molar-refractivity contribution in [3.8, 4) is 0 Å². The number of nitrogens with one attached hydrogen (secondary N) is 1. The number of pyridine rings is 1. The summed E-state index contributed by atoms with van der Waals surface area (Å²) >= 11 is 5.78. The lowest BCUT2D eigenvalue weighted by Crippen LogP contribution is -2.41. The number of hydrogen-bond donors (Lipinski definition) is 1. The molecule has 0 spiro atoms. The number of hydrazine groups is 1. The minimum absolute atomic E-state index is 0.438. The van der Waals surface area contributed by atoms with Crippen molar-refractivity contribution in [3.63, 3.8) is 0 Å². The Morgan fingerprint density at radius 2 is 2.33 bits per heavy atom. The average molecular weight is 226 g/mol. The second kappa shape index (κ2) is 4.92. The van der Waals surface area contributed by atoms with Gasteiger partial charge in [0.2, 0.25) is 0 Å². The topological polar surface area (TPSA) is 28.2 Å². The summed E-state index contributed by atoms with van der Waals surface area (Å²) in [5, 5.41) is 2.83. The second-order valence-electron chi connectivity index (χ2n) is 3.84. The molecule has 1 fully saturated rings. The maximum Gasteiger partial charge on any atom is 0.129 e. The summed E-state index contributed by atoms with van der Waals surface area (Å²) in [4.78, 5) is 4.13. The molecule has 1 aromatic rings. The molecule has 1 aliphatic heterocycles. The van der Waals surface area contributed by atoms with Crippen LogP contribution < -0.4 is 5.43 Å². The fraction of sp³-hybridized carbons (Fsp3) is 0.545. The molecular formula is C11H16ClN3. The lowest BCUT2D eigenvalue weighted by Gasteiger charge is -2.34. The normalized spacial score (nSPS) is 22.9. The van der Waals surface area contributed by atoms with Crippen LogP contribution in [0.1, 0.15) is 30.9 Å². The van der Waals surface area contributed by atoms with E-state index in [-0.39, 0.29) is 0 Å². The molecule has 1 aliphatic rings. The quantitative estimate of drug-likeness (QED) is 0.784. The Morgan fingerprint density at radius 1 is 1.47 bits per heavy atom. The SMILES string of the molecule is CNN1CCCC[C@H]1c1ccc(Cl)nc1. The van der Waals surface area contributed by atoms with Gasteiger partial charge in [0, 0.05) is 12.7 Å². The van der Waals surface area contributed by atoms with Gasteiger partial charge in [0.1, 0.15) is 5.15 Å². The number of nitrogens with zero attached hydrogens (tertiary/aromatic N) is 2. The molecule has 0 saturated carbocycles. The van der Waals surface area contributed by atoms with Crippen LogP contribution in [0.3, 0.4) is 0 Å². The largest absolute Gasteiger partial charge is 0.258 e. The van der Waals surface area contributed by atoms with E-state index in [4.69, 9.17) is 11.6 Å². The first-order chi connectivity index (χ1) is 7.31. The van der Waals surface area contributed by atoms with E-state index in [0.29, 0.717) is 11.2 Å². The maximum absolute atomic E-state index is 5.78. The van der Waals surface area contributed by atoms with Crippen LogP contribution >= 0.6 is 11.6 Å². The van der Waals surface area contributed by atoms with Gasteiger partial charge >= 0.3 is 0 Å². The van der Waals surface area contributed by atoms with Crippen molar-refractivity contribution in [1.29, 1.82) is 0 Å². The fourth-order valence-electron chi connectivity index (χ4n) is 2.13. The Balaban J connectivity index is 2.16. The van der Waals surface area contributed by atoms with Crippen LogP contribution in [0.5, 0.6) is 0 Å². The van der Waals surface area contributed by atoms with Gasteiger partial charge in [0.05, 0.1) is 6.04 Å². The van der Waals surface area contributed by atoms with Crippen molar-refractivity contribution >= 4 is 11.6 Å². The Hall–Kier alpha value is -0.640. The van der Waals surface area contributed by atoms with E-state index >= 15 is 0 Å². The first-order valence-corrected chi connectivity index (χ1v) is 5.74. The van der Waals surface area contributed by atoms with Gasteiger partial charge < -0.3 is 0 Å². The number of hydrogen-bond acceptors (Lipinski definition) is 3. The van der Waals surface area contributed by atoms with Gasteiger partial charge in [-0.25, -0.2) is 9.99 Å². The van der Waals surface area contributed by atoms with Crippen molar-refractivity contribution in [2.24, 2.45) is 0 Å². The highest BCUT2D eigenvalue weighted by molar-refractivity contribution is 6.29. The minimum Gasteiger partial charge on any atom is -0.258 e. The zero-order valence-corrected chi connectivity index (χ0v) is 9.67. The molecular weight excluding hydrogens is 210 g/mol. The molecule has 0 radical (unpaired) electrons. The smallest absolute Gasteiger partial charge is 0.129 e. The molecule has 0 aliphatic carbocycles. The van der Waals surface area contributed by atoms with Crippen LogP contribution in [-0.4, -0.2) is 23.6 Å². The zero-order valence-electron chi connectivity index (χ0n) is 8.91. The van der Waals surface area contributed by atoms with Gasteiger partial charge in [0.15, 0.2) is 0 Å². The summed E-state index contributed by atoms with van der Waals surface area (Å²) < 4.78 is 0. The Morgan fingerprint density at radius 3 is 3.00 bits per heavy atom. The summed E-state index contributed by atoms with van der Waals surface area (Å²) in [6, 6.07) is 4.36. The average Bonchev–Trinajstić information content (AvgIpc) is 2.30. The summed E-state index contributed by atoms with van der Waals surface area (Å²) in [5.74, 6) is 0. The number of piperidine rings is 1. The van der Waals surface area contributed by atoms with Gasteiger partial charge in [-0.05, 0) is 31.5 Å². The molecule has 1 N–H and O–H groups in total. The highest BCUT2D eigenvalue weighted by atomic mass is 35.5. The van der Waals surface area contributed by atoms with Crippen molar-refractivity contribution in [1.82, 2.24) is 15.4 Å². The van der Waals surface area contributed by atoms with E-state index in [1.54, 1.807) is 0 Å². The van der Waals surface area contributed by atoms with Gasteiger partial charge in [-0.3, -0.25) is 5.43 Å². The number of halogens is 1. The van der Waals surface area contributed by atoms with Gasteiger partial charge in [-0.15, -0.1) is 0 Å². The van der Waals surface area contributed by atoms with Crippen molar-refractivity contribution in [2.75, 3.05) is 13.6 Å². The van der Waals surface area contributed by atoms with Crippen molar-refractivity contribution in [3.05, 3.63) is 29.0 Å². The van der Waals surface area contributed by atoms with Gasteiger partial charge in [-0.1, -0.05) is 24.1 Å². The molecule has 2 rings (SSSR count). The summed E-state index contributed by atoms with van der Waals surface area (Å²) in [7, 11) is 1.97. The molecule has 1 atom stereocenters. The minimum atomic E-state index is 0.438. The predicted molar refractivity (Wildman–Crippen MR) is 61.6 cm³/mol. The molecule has 3 nitrogen and oxygen atoms in total. The third kappa shape index (κ3) is 2.48. The van der Waals surface area contributed by atoms with E-state index in [9.17, 15) is 0 Å². The molecule has 0 bridgehead atoms. The predicted octanol–water partition coefficient (Wildman–Crippen LogP) is 2.40. The van der Waals surface area contributed by atoms with Crippen molar-refractivity contribution < 1.29 is 0 Å². The molecule has 0 aromatic carbocycles. The lowest BCUT2D eigenvalue weighted by atomic mass is 9.98. The van der Waals surface area contributed by atoms with E-state index in [2.05, 4.69) is 21.5 Å². The molecule has 0 unspecified atom stereocenters. The monoisotopic (exact) mass is 225 g/mol. The van der Waals surface area contributed by atoms with Crippen LogP contribution in [0.15, 0.2) is 18.3 Å². The van der Waals surface area contributed by atoms with E-state index < -0.39 is 0 Å². The highest BCUT2D eigenvalue weighted by Gasteiger charge is 2.22. The molecule has 15 heavy (non-hydrogen) atoms. The summed E-state index contributed by atoms with van der Waals surface area (Å²) in [6.45, 7) is 1.10. The molecule has 2 heterocycles.